The molecule has 1 aliphatic heterocycles. The van der Waals surface area contributed by atoms with E-state index in [1.807, 2.05) is 0 Å². The molecule has 1 heterocycles. The average Bonchev–Trinajstić information content (AvgIpc) is 2.34. The van der Waals surface area contributed by atoms with E-state index in [0.717, 1.165) is 42.4 Å². The maximum Gasteiger partial charge on any atom is 0.387 e. The van der Waals surface area contributed by atoms with E-state index in [4.69, 9.17) is 0 Å². The van der Waals surface area contributed by atoms with Crippen LogP contribution < -0.4 is 10.1 Å². The Morgan fingerprint density at radius 3 is 2.72 bits per heavy atom. The van der Waals surface area contributed by atoms with Gasteiger partial charge in [-0.2, -0.15) is 8.78 Å². The number of piperidine rings is 1. The van der Waals surface area contributed by atoms with Crippen molar-refractivity contribution in [3.05, 3.63) is 28.2 Å². The molecular formula is C13H16BrF2NO. The molecule has 2 nitrogen and oxygen atoms in total. The lowest BCUT2D eigenvalue weighted by Crippen LogP contribution is -2.28. The molecule has 1 aromatic rings. The highest BCUT2D eigenvalue weighted by atomic mass is 79.9. The minimum atomic E-state index is -2.77. The predicted octanol–water partition coefficient (Wildman–Crippen LogP) is 3.59. The Balaban J connectivity index is 2.05. The summed E-state index contributed by atoms with van der Waals surface area (Å²) in [5.74, 6) is 0.849. The molecule has 1 aromatic carbocycles. The highest BCUT2D eigenvalue weighted by Gasteiger charge is 2.16. The monoisotopic (exact) mass is 319 g/mol. The maximum atomic E-state index is 12.2. The zero-order valence-electron chi connectivity index (χ0n) is 9.96. The van der Waals surface area contributed by atoms with Gasteiger partial charge < -0.3 is 10.1 Å². The number of hydrogen-bond donors (Lipinski definition) is 1. The highest BCUT2D eigenvalue weighted by molar-refractivity contribution is 9.10. The van der Waals surface area contributed by atoms with E-state index in [1.165, 1.54) is 0 Å². The van der Waals surface area contributed by atoms with Crippen molar-refractivity contribution in [2.24, 2.45) is 5.92 Å². The fourth-order valence-corrected chi connectivity index (χ4v) is 2.69. The molecule has 0 atom stereocenters. The number of halogens is 3. The molecule has 0 aliphatic carbocycles. The zero-order valence-corrected chi connectivity index (χ0v) is 11.6. The summed E-state index contributed by atoms with van der Waals surface area (Å²) < 4.78 is 29.7. The van der Waals surface area contributed by atoms with Gasteiger partial charge in [-0.05, 0) is 62.0 Å². The lowest BCUT2D eigenvalue weighted by molar-refractivity contribution is -0.0498. The average molecular weight is 320 g/mol. The first kappa shape index (κ1) is 13.7. The second-order valence-electron chi connectivity index (χ2n) is 4.53. The number of hydrogen-bond acceptors (Lipinski definition) is 2. The van der Waals surface area contributed by atoms with Gasteiger partial charge in [-0.15, -0.1) is 0 Å². The number of ether oxygens (including phenoxy) is 1. The van der Waals surface area contributed by atoms with Crippen molar-refractivity contribution in [3.8, 4) is 5.75 Å². The molecule has 0 saturated carbocycles. The van der Waals surface area contributed by atoms with Crippen molar-refractivity contribution in [1.29, 1.82) is 0 Å². The van der Waals surface area contributed by atoms with Crippen LogP contribution >= 0.6 is 15.9 Å². The third kappa shape index (κ3) is 3.92. The Morgan fingerprint density at radius 1 is 1.33 bits per heavy atom. The van der Waals surface area contributed by atoms with Crippen molar-refractivity contribution in [2.75, 3.05) is 13.1 Å². The van der Waals surface area contributed by atoms with E-state index in [1.54, 1.807) is 18.2 Å². The number of alkyl halides is 2. The van der Waals surface area contributed by atoms with Crippen molar-refractivity contribution < 1.29 is 13.5 Å². The molecular weight excluding hydrogens is 304 g/mol. The van der Waals surface area contributed by atoms with E-state index < -0.39 is 6.61 Å². The van der Waals surface area contributed by atoms with Crippen LogP contribution in [-0.4, -0.2) is 19.7 Å². The quantitative estimate of drug-likeness (QED) is 0.915. The van der Waals surface area contributed by atoms with Gasteiger partial charge in [0, 0.05) is 4.47 Å². The van der Waals surface area contributed by atoms with Crippen molar-refractivity contribution >= 4 is 15.9 Å². The van der Waals surface area contributed by atoms with E-state index in [0.29, 0.717) is 5.92 Å². The molecule has 0 radical (unpaired) electrons. The van der Waals surface area contributed by atoms with Gasteiger partial charge in [-0.25, -0.2) is 0 Å². The summed E-state index contributed by atoms with van der Waals surface area (Å²) in [6, 6.07) is 5.04. The second-order valence-corrected chi connectivity index (χ2v) is 5.38. The molecule has 5 heteroatoms. The molecule has 18 heavy (non-hydrogen) atoms. The van der Waals surface area contributed by atoms with Crippen molar-refractivity contribution in [1.82, 2.24) is 5.32 Å². The van der Waals surface area contributed by atoms with Crippen LogP contribution in [0, 0.1) is 5.92 Å². The van der Waals surface area contributed by atoms with Crippen LogP contribution in [0.5, 0.6) is 5.75 Å². The first-order valence-corrected chi connectivity index (χ1v) is 6.88. The van der Waals surface area contributed by atoms with E-state index in [2.05, 4.69) is 26.0 Å². The second kappa shape index (κ2) is 6.48. The SMILES string of the molecule is FC(F)Oc1ccc(Br)c(CC2CCNCC2)c1. The van der Waals surface area contributed by atoms with Crippen molar-refractivity contribution in [3.63, 3.8) is 0 Å². The lowest BCUT2D eigenvalue weighted by atomic mass is 9.91. The van der Waals surface area contributed by atoms with Crippen LogP contribution in [0.15, 0.2) is 22.7 Å². The molecule has 100 valence electrons. The normalized spacial score (nSPS) is 17.1. The first-order valence-electron chi connectivity index (χ1n) is 6.09. The number of rotatable bonds is 4. The van der Waals surface area contributed by atoms with Gasteiger partial charge in [0.05, 0.1) is 0 Å². The molecule has 2 rings (SSSR count). The Morgan fingerprint density at radius 2 is 2.06 bits per heavy atom. The molecule has 1 aliphatic rings. The lowest BCUT2D eigenvalue weighted by Gasteiger charge is -2.23. The summed E-state index contributed by atoms with van der Waals surface area (Å²) >= 11 is 3.46. The van der Waals surface area contributed by atoms with Crippen LogP contribution in [0.25, 0.3) is 0 Å². The van der Waals surface area contributed by atoms with Crippen LogP contribution in [-0.2, 0) is 6.42 Å². The minimum Gasteiger partial charge on any atom is -0.435 e. The number of benzene rings is 1. The summed E-state index contributed by atoms with van der Waals surface area (Å²) in [5, 5.41) is 3.32. The Hall–Kier alpha value is -0.680. The topological polar surface area (TPSA) is 21.3 Å². The Kier molecular flexibility index (Phi) is 4.95. The van der Waals surface area contributed by atoms with Crippen LogP contribution in [0.1, 0.15) is 18.4 Å². The third-order valence-electron chi connectivity index (χ3n) is 3.21. The Bertz CT molecular complexity index is 395. The van der Waals surface area contributed by atoms with Gasteiger partial charge in [-0.1, -0.05) is 15.9 Å². The van der Waals surface area contributed by atoms with Gasteiger partial charge in [0.15, 0.2) is 0 Å². The molecule has 0 bridgehead atoms. The molecule has 0 unspecified atom stereocenters. The largest absolute Gasteiger partial charge is 0.435 e. The van der Waals surface area contributed by atoms with Crippen molar-refractivity contribution in [2.45, 2.75) is 25.9 Å². The van der Waals surface area contributed by atoms with E-state index in [-0.39, 0.29) is 5.75 Å². The van der Waals surface area contributed by atoms with Crippen LogP contribution in [0.3, 0.4) is 0 Å². The van der Waals surface area contributed by atoms with Gasteiger partial charge in [0.2, 0.25) is 0 Å². The molecule has 0 spiro atoms. The fraction of sp³-hybridized carbons (Fsp3) is 0.538. The highest BCUT2D eigenvalue weighted by Crippen LogP contribution is 2.28. The first-order chi connectivity index (χ1) is 8.65. The van der Waals surface area contributed by atoms with Crippen LogP contribution in [0.2, 0.25) is 0 Å². The number of nitrogens with one attached hydrogen (secondary N) is 1. The summed E-state index contributed by atoms with van der Waals surface area (Å²) in [6.07, 6.45) is 3.17. The maximum absolute atomic E-state index is 12.2. The molecule has 1 saturated heterocycles. The Labute approximate surface area is 114 Å². The molecule has 0 amide bonds. The molecule has 1 fully saturated rings. The molecule has 0 aromatic heterocycles. The van der Waals surface area contributed by atoms with Crippen LogP contribution in [0.4, 0.5) is 8.78 Å². The molecule has 1 N–H and O–H groups in total. The van der Waals surface area contributed by atoms with E-state index in [9.17, 15) is 8.78 Å². The van der Waals surface area contributed by atoms with Gasteiger partial charge in [0.25, 0.3) is 0 Å². The summed E-state index contributed by atoms with van der Waals surface area (Å²) in [4.78, 5) is 0. The smallest absolute Gasteiger partial charge is 0.387 e. The van der Waals surface area contributed by atoms with Gasteiger partial charge in [0.1, 0.15) is 5.75 Å². The zero-order chi connectivity index (χ0) is 13.0. The minimum absolute atomic E-state index is 0.233. The van der Waals surface area contributed by atoms with E-state index >= 15 is 0 Å². The predicted molar refractivity (Wildman–Crippen MR) is 70.1 cm³/mol. The summed E-state index contributed by atoms with van der Waals surface area (Å²) in [7, 11) is 0. The standard InChI is InChI=1S/C13H16BrF2NO/c14-12-2-1-11(18-13(15)16)8-10(12)7-9-3-5-17-6-4-9/h1-2,8-9,13,17H,3-7H2. The summed E-state index contributed by atoms with van der Waals surface area (Å²) in [5.41, 5.74) is 1.04. The fourth-order valence-electron chi connectivity index (χ4n) is 2.28. The third-order valence-corrected chi connectivity index (χ3v) is 3.98. The van der Waals surface area contributed by atoms with Gasteiger partial charge >= 0.3 is 6.61 Å². The van der Waals surface area contributed by atoms with Gasteiger partial charge in [-0.3, -0.25) is 0 Å². The summed E-state index contributed by atoms with van der Waals surface area (Å²) in [6.45, 7) is -0.691.